The van der Waals surface area contributed by atoms with Gasteiger partial charge in [0.1, 0.15) is 0 Å². The summed E-state index contributed by atoms with van der Waals surface area (Å²) in [5.74, 6) is 0. The van der Waals surface area contributed by atoms with Gasteiger partial charge in [0.25, 0.3) is 0 Å². The molecule has 0 fully saturated rings. The van der Waals surface area contributed by atoms with Crippen molar-refractivity contribution in [3.8, 4) is 18.2 Å². The molecule has 1 heterocycles. The van der Waals surface area contributed by atoms with Crippen LogP contribution >= 0.6 is 22.6 Å². The van der Waals surface area contributed by atoms with Crippen LogP contribution in [0.15, 0.2) is 36.4 Å². The molecule has 2 aromatic rings. The fraction of sp³-hybridized carbons (Fsp3) is 0.211. The first kappa shape index (κ1) is 16.3. The summed E-state index contributed by atoms with van der Waals surface area (Å²) in [6, 6.07) is 17.9. The Kier molecular flexibility index (Phi) is 4.42. The van der Waals surface area contributed by atoms with Crippen LogP contribution in [0.2, 0.25) is 0 Å². The maximum Gasteiger partial charge on any atom is 0.0992 e. The molecule has 1 aliphatic rings. The molecule has 1 aliphatic heterocycles. The molecule has 1 atom stereocenters. The average Bonchev–Trinajstić information content (AvgIpc) is 2.63. The molecule has 0 aliphatic carbocycles. The Hall–Kier alpha value is -2.56. The Balaban J connectivity index is 1.90. The number of nitriles is 3. The molecule has 0 bridgehead atoms. The summed E-state index contributed by atoms with van der Waals surface area (Å²) >= 11 is 2.22. The minimum Gasteiger partial charge on any atom is -0.383 e. The molecule has 3 rings (SSSR count). The largest absolute Gasteiger partial charge is 0.383 e. The molecule has 0 saturated heterocycles. The molecule has 0 saturated carbocycles. The van der Waals surface area contributed by atoms with E-state index in [0.29, 0.717) is 30.5 Å². The number of benzene rings is 2. The highest BCUT2D eigenvalue weighted by Crippen LogP contribution is 2.36. The van der Waals surface area contributed by atoms with Gasteiger partial charge in [-0.2, -0.15) is 15.8 Å². The second-order valence-corrected chi connectivity index (χ2v) is 7.16. The van der Waals surface area contributed by atoms with Gasteiger partial charge in [-0.1, -0.05) is 12.1 Å². The highest BCUT2D eigenvalue weighted by Gasteiger charge is 2.35. The summed E-state index contributed by atoms with van der Waals surface area (Å²) in [5.41, 5.74) is 3.79. The Morgan fingerprint density at radius 2 is 1.75 bits per heavy atom. The summed E-state index contributed by atoms with van der Waals surface area (Å²) in [7, 11) is 0. The van der Waals surface area contributed by atoms with Gasteiger partial charge in [0, 0.05) is 15.8 Å². The quantitative estimate of drug-likeness (QED) is 0.745. The summed E-state index contributed by atoms with van der Waals surface area (Å²) in [4.78, 5) is 0. The van der Waals surface area contributed by atoms with E-state index in [4.69, 9.17) is 10.5 Å². The van der Waals surface area contributed by atoms with Crippen molar-refractivity contribution < 1.29 is 0 Å². The van der Waals surface area contributed by atoms with Crippen LogP contribution in [0, 0.1) is 43.0 Å². The van der Waals surface area contributed by atoms with E-state index in [9.17, 15) is 5.26 Å². The highest BCUT2D eigenvalue weighted by molar-refractivity contribution is 14.1. The molecule has 4 nitrogen and oxygen atoms in total. The Bertz CT molecular complexity index is 930. The third-order valence-electron chi connectivity index (χ3n) is 4.33. The zero-order valence-electron chi connectivity index (χ0n) is 12.8. The number of nitrogens with zero attached hydrogens (tertiary/aromatic N) is 3. The molecule has 2 aromatic carbocycles. The molecule has 116 valence electrons. The summed E-state index contributed by atoms with van der Waals surface area (Å²) in [6.45, 7) is 0.543. The van der Waals surface area contributed by atoms with Crippen molar-refractivity contribution in [1.82, 2.24) is 0 Å². The van der Waals surface area contributed by atoms with Crippen LogP contribution in [0.1, 0.15) is 22.3 Å². The molecule has 0 spiro atoms. The lowest BCUT2D eigenvalue weighted by molar-refractivity contribution is 0.403. The molecule has 0 unspecified atom stereocenters. The van der Waals surface area contributed by atoms with Crippen LogP contribution in [-0.4, -0.2) is 6.54 Å². The van der Waals surface area contributed by atoms with Crippen molar-refractivity contribution >= 4 is 28.3 Å². The van der Waals surface area contributed by atoms with Gasteiger partial charge in [0.05, 0.1) is 34.7 Å². The molecule has 24 heavy (non-hydrogen) atoms. The Morgan fingerprint density at radius 3 is 2.42 bits per heavy atom. The van der Waals surface area contributed by atoms with Crippen LogP contribution < -0.4 is 5.32 Å². The van der Waals surface area contributed by atoms with E-state index in [0.717, 1.165) is 20.4 Å². The average molecular weight is 424 g/mol. The van der Waals surface area contributed by atoms with Gasteiger partial charge >= 0.3 is 0 Å². The summed E-state index contributed by atoms with van der Waals surface area (Å²) in [6.07, 6.45) is 1.27. The van der Waals surface area contributed by atoms with Crippen molar-refractivity contribution in [3.05, 3.63) is 62.2 Å². The van der Waals surface area contributed by atoms with Crippen LogP contribution in [0.5, 0.6) is 0 Å². The van der Waals surface area contributed by atoms with E-state index in [-0.39, 0.29) is 0 Å². The van der Waals surface area contributed by atoms with Crippen molar-refractivity contribution in [2.24, 2.45) is 5.41 Å². The molecule has 0 amide bonds. The second-order valence-electron chi connectivity index (χ2n) is 6.00. The second kappa shape index (κ2) is 6.51. The minimum absolute atomic E-state index is 0.532. The normalized spacial score (nSPS) is 18.4. The van der Waals surface area contributed by atoms with E-state index in [1.54, 1.807) is 12.1 Å². The van der Waals surface area contributed by atoms with Gasteiger partial charge in [-0.15, -0.1) is 0 Å². The first-order valence-corrected chi connectivity index (χ1v) is 8.54. The summed E-state index contributed by atoms with van der Waals surface area (Å²) < 4.78 is 1.01. The SMILES string of the molecule is N#Cc1ccc(C[C@@]2(C#N)CNc3cc(C#N)ccc3C2)c(I)c1. The van der Waals surface area contributed by atoms with E-state index < -0.39 is 5.41 Å². The molecular formula is C19H13IN4. The van der Waals surface area contributed by atoms with Gasteiger partial charge in [-0.25, -0.2) is 0 Å². The van der Waals surface area contributed by atoms with E-state index in [1.165, 1.54) is 0 Å². The maximum atomic E-state index is 9.82. The van der Waals surface area contributed by atoms with Crippen LogP contribution in [0.25, 0.3) is 0 Å². The molecular weight excluding hydrogens is 411 g/mol. The van der Waals surface area contributed by atoms with Crippen LogP contribution in [0.3, 0.4) is 0 Å². The van der Waals surface area contributed by atoms with Crippen molar-refractivity contribution in [3.63, 3.8) is 0 Å². The molecule has 5 heteroatoms. The van der Waals surface area contributed by atoms with E-state index in [1.807, 2.05) is 24.3 Å². The third kappa shape index (κ3) is 3.07. The molecule has 0 aromatic heterocycles. The fourth-order valence-corrected chi connectivity index (χ4v) is 3.73. The lowest BCUT2D eigenvalue weighted by atomic mass is 9.75. The van der Waals surface area contributed by atoms with Gasteiger partial charge in [-0.05, 0) is 70.8 Å². The number of hydrogen-bond donors (Lipinski definition) is 1. The first-order valence-electron chi connectivity index (χ1n) is 7.46. The van der Waals surface area contributed by atoms with Gasteiger partial charge in [0.15, 0.2) is 0 Å². The summed E-state index contributed by atoms with van der Waals surface area (Å²) in [5, 5.41) is 31.1. The Morgan fingerprint density at radius 1 is 1.04 bits per heavy atom. The van der Waals surface area contributed by atoms with E-state index >= 15 is 0 Å². The topological polar surface area (TPSA) is 83.4 Å². The number of anilines is 1. The van der Waals surface area contributed by atoms with Crippen molar-refractivity contribution in [2.75, 3.05) is 11.9 Å². The fourth-order valence-electron chi connectivity index (χ4n) is 3.02. The number of hydrogen-bond acceptors (Lipinski definition) is 4. The Labute approximate surface area is 154 Å². The number of halogens is 1. The predicted molar refractivity (Wildman–Crippen MR) is 99.0 cm³/mol. The van der Waals surface area contributed by atoms with Gasteiger partial charge in [0.2, 0.25) is 0 Å². The standard InChI is InChI=1S/C19H13IN4/c20-17-5-13(9-21)1-3-15(17)7-19(11-23)8-16-4-2-14(10-22)6-18(16)24-12-19/h1-6,24H,7-8,12H2/t19-/m1/s1. The smallest absolute Gasteiger partial charge is 0.0992 e. The van der Waals surface area contributed by atoms with Gasteiger partial charge in [-0.3, -0.25) is 0 Å². The predicted octanol–water partition coefficient (Wildman–Crippen LogP) is 3.76. The highest BCUT2D eigenvalue weighted by atomic mass is 127. The maximum absolute atomic E-state index is 9.82. The van der Waals surface area contributed by atoms with Crippen molar-refractivity contribution in [1.29, 1.82) is 15.8 Å². The van der Waals surface area contributed by atoms with Gasteiger partial charge < -0.3 is 5.32 Å². The lowest BCUT2D eigenvalue weighted by Gasteiger charge is -2.33. The number of nitrogens with one attached hydrogen (secondary N) is 1. The van der Waals surface area contributed by atoms with Crippen LogP contribution in [0.4, 0.5) is 5.69 Å². The first-order chi connectivity index (χ1) is 11.6. The van der Waals surface area contributed by atoms with E-state index in [2.05, 4.69) is 46.1 Å². The number of rotatable bonds is 2. The molecule has 0 radical (unpaired) electrons. The zero-order valence-corrected chi connectivity index (χ0v) is 15.0. The lowest BCUT2D eigenvalue weighted by Crippen LogP contribution is -2.37. The van der Waals surface area contributed by atoms with Crippen molar-refractivity contribution in [2.45, 2.75) is 12.8 Å². The van der Waals surface area contributed by atoms with Crippen LogP contribution in [-0.2, 0) is 12.8 Å². The number of fused-ring (bicyclic) bond motifs is 1. The monoisotopic (exact) mass is 424 g/mol. The minimum atomic E-state index is -0.532. The molecule has 1 N–H and O–H groups in total. The zero-order chi connectivity index (χ0) is 17.2. The third-order valence-corrected chi connectivity index (χ3v) is 5.34.